The molecule has 1 aliphatic carbocycles. The van der Waals surface area contributed by atoms with Crippen molar-refractivity contribution in [3.8, 4) is 0 Å². The highest BCUT2D eigenvalue weighted by molar-refractivity contribution is 5.97. The standard InChI is InChI=1S/C15H26N4O/c1-4-7-10-12(16)13(19-18-10)14(20)17-11-8-5-6-9-15(11,2)3/h11H,4-9,16H2,1-3H3,(H,17,20)(H,18,19). The molecular formula is C15H26N4O. The molecule has 112 valence electrons. The Balaban J connectivity index is 2.08. The lowest BCUT2D eigenvalue weighted by Crippen LogP contribution is -2.47. The highest BCUT2D eigenvalue weighted by Crippen LogP contribution is 2.35. The zero-order chi connectivity index (χ0) is 14.8. The van der Waals surface area contributed by atoms with Gasteiger partial charge in [0.1, 0.15) is 0 Å². The number of H-pyrrole nitrogens is 1. The molecule has 1 heterocycles. The number of nitrogens with one attached hydrogen (secondary N) is 2. The van der Waals surface area contributed by atoms with Gasteiger partial charge >= 0.3 is 0 Å². The van der Waals surface area contributed by atoms with E-state index in [-0.39, 0.29) is 17.4 Å². The minimum Gasteiger partial charge on any atom is -0.395 e. The Kier molecular flexibility index (Phi) is 4.35. The van der Waals surface area contributed by atoms with Gasteiger partial charge in [-0.15, -0.1) is 0 Å². The van der Waals surface area contributed by atoms with E-state index < -0.39 is 0 Å². The molecule has 0 aliphatic heterocycles. The van der Waals surface area contributed by atoms with Crippen molar-refractivity contribution in [1.29, 1.82) is 0 Å². The van der Waals surface area contributed by atoms with Gasteiger partial charge in [0.15, 0.2) is 5.69 Å². The van der Waals surface area contributed by atoms with Crippen LogP contribution < -0.4 is 11.1 Å². The maximum absolute atomic E-state index is 12.4. The smallest absolute Gasteiger partial charge is 0.274 e. The fourth-order valence-corrected chi connectivity index (χ4v) is 2.99. The van der Waals surface area contributed by atoms with Gasteiger partial charge in [0.05, 0.1) is 11.4 Å². The van der Waals surface area contributed by atoms with E-state index in [4.69, 9.17) is 5.73 Å². The lowest BCUT2D eigenvalue weighted by atomic mass is 9.73. The number of aromatic amines is 1. The van der Waals surface area contributed by atoms with Gasteiger partial charge in [-0.05, 0) is 24.7 Å². The highest BCUT2D eigenvalue weighted by atomic mass is 16.2. The summed E-state index contributed by atoms with van der Waals surface area (Å²) in [7, 11) is 0. The van der Waals surface area contributed by atoms with Crippen molar-refractivity contribution >= 4 is 11.6 Å². The molecule has 0 radical (unpaired) electrons. The van der Waals surface area contributed by atoms with E-state index in [1.807, 2.05) is 0 Å². The third kappa shape index (κ3) is 2.97. The molecule has 20 heavy (non-hydrogen) atoms. The lowest BCUT2D eigenvalue weighted by Gasteiger charge is -2.38. The van der Waals surface area contributed by atoms with Crippen LogP contribution >= 0.6 is 0 Å². The Morgan fingerprint density at radius 1 is 1.50 bits per heavy atom. The second-order valence-corrected chi connectivity index (χ2v) is 6.47. The molecular weight excluding hydrogens is 252 g/mol. The van der Waals surface area contributed by atoms with Gasteiger partial charge in [0.2, 0.25) is 0 Å². The molecule has 1 atom stereocenters. The van der Waals surface area contributed by atoms with Crippen molar-refractivity contribution in [3.63, 3.8) is 0 Å². The molecule has 1 aliphatic rings. The Morgan fingerprint density at radius 3 is 2.90 bits per heavy atom. The second-order valence-electron chi connectivity index (χ2n) is 6.47. The SMILES string of the molecule is CCCc1[nH]nc(C(=O)NC2CCCCC2(C)C)c1N. The zero-order valence-corrected chi connectivity index (χ0v) is 12.8. The van der Waals surface area contributed by atoms with Crippen LogP contribution in [-0.4, -0.2) is 22.1 Å². The summed E-state index contributed by atoms with van der Waals surface area (Å²) in [5, 5.41) is 10.1. The Bertz CT molecular complexity index is 478. The van der Waals surface area contributed by atoms with Crippen LogP contribution in [0.5, 0.6) is 0 Å². The van der Waals surface area contributed by atoms with E-state index in [2.05, 4.69) is 36.3 Å². The second kappa shape index (κ2) is 5.85. The lowest BCUT2D eigenvalue weighted by molar-refractivity contribution is 0.0849. The van der Waals surface area contributed by atoms with Crippen LogP contribution in [0, 0.1) is 5.41 Å². The van der Waals surface area contributed by atoms with E-state index in [1.54, 1.807) is 0 Å². The van der Waals surface area contributed by atoms with Crippen molar-refractivity contribution in [1.82, 2.24) is 15.5 Å². The van der Waals surface area contributed by atoms with Crippen LogP contribution in [-0.2, 0) is 6.42 Å². The topological polar surface area (TPSA) is 83.8 Å². The van der Waals surface area contributed by atoms with Gasteiger partial charge in [0, 0.05) is 6.04 Å². The van der Waals surface area contributed by atoms with Crippen LogP contribution in [0.4, 0.5) is 5.69 Å². The largest absolute Gasteiger partial charge is 0.395 e. The van der Waals surface area contributed by atoms with Crippen LogP contribution in [0.15, 0.2) is 0 Å². The number of anilines is 1. The molecule has 1 unspecified atom stereocenters. The number of nitrogens with two attached hydrogens (primary N) is 1. The first-order chi connectivity index (χ1) is 9.45. The quantitative estimate of drug-likeness (QED) is 0.791. The molecule has 1 aromatic rings. The Hall–Kier alpha value is -1.52. The number of amides is 1. The minimum absolute atomic E-state index is 0.144. The van der Waals surface area contributed by atoms with Crippen molar-refractivity contribution < 1.29 is 4.79 Å². The van der Waals surface area contributed by atoms with Crippen LogP contribution in [0.3, 0.4) is 0 Å². The molecule has 0 saturated heterocycles. The summed E-state index contributed by atoms with van der Waals surface area (Å²) in [4.78, 5) is 12.4. The molecule has 0 spiro atoms. The van der Waals surface area contributed by atoms with Crippen molar-refractivity contribution in [2.75, 3.05) is 5.73 Å². The van der Waals surface area contributed by atoms with Gasteiger partial charge in [-0.1, -0.05) is 40.0 Å². The third-order valence-corrected chi connectivity index (χ3v) is 4.41. The molecule has 2 rings (SSSR count). The number of aromatic nitrogens is 2. The predicted octanol–water partition coefficient (Wildman–Crippen LogP) is 2.64. The van der Waals surface area contributed by atoms with Crippen LogP contribution in [0.25, 0.3) is 0 Å². The fourth-order valence-electron chi connectivity index (χ4n) is 2.99. The summed E-state index contributed by atoms with van der Waals surface area (Å²) in [5.41, 5.74) is 7.85. The van der Waals surface area contributed by atoms with E-state index in [9.17, 15) is 4.79 Å². The molecule has 5 heteroatoms. The molecule has 0 bridgehead atoms. The Labute approximate surface area is 120 Å². The van der Waals surface area contributed by atoms with Gasteiger partial charge in [0.25, 0.3) is 5.91 Å². The van der Waals surface area contributed by atoms with E-state index in [1.165, 1.54) is 12.8 Å². The predicted molar refractivity (Wildman–Crippen MR) is 80.5 cm³/mol. The molecule has 4 N–H and O–H groups in total. The molecule has 0 aromatic carbocycles. The normalized spacial score (nSPS) is 21.6. The third-order valence-electron chi connectivity index (χ3n) is 4.41. The maximum Gasteiger partial charge on any atom is 0.274 e. The number of aryl methyl sites for hydroxylation is 1. The average molecular weight is 278 g/mol. The first-order valence-corrected chi connectivity index (χ1v) is 7.59. The minimum atomic E-state index is -0.152. The van der Waals surface area contributed by atoms with E-state index in [0.29, 0.717) is 11.4 Å². The van der Waals surface area contributed by atoms with Crippen molar-refractivity contribution in [3.05, 3.63) is 11.4 Å². The summed E-state index contributed by atoms with van der Waals surface area (Å²) in [6, 6.07) is 0.203. The fraction of sp³-hybridized carbons (Fsp3) is 0.733. The summed E-state index contributed by atoms with van der Waals surface area (Å²) in [6.45, 7) is 6.51. The highest BCUT2D eigenvalue weighted by Gasteiger charge is 2.34. The van der Waals surface area contributed by atoms with Crippen LogP contribution in [0.1, 0.15) is 69.1 Å². The van der Waals surface area contributed by atoms with Crippen LogP contribution in [0.2, 0.25) is 0 Å². The monoisotopic (exact) mass is 278 g/mol. The summed E-state index contributed by atoms with van der Waals surface area (Å²) >= 11 is 0. The number of nitrogens with zero attached hydrogens (tertiary/aromatic N) is 1. The van der Waals surface area contributed by atoms with Gasteiger partial charge < -0.3 is 11.1 Å². The Morgan fingerprint density at radius 2 is 2.25 bits per heavy atom. The summed E-state index contributed by atoms with van der Waals surface area (Å²) in [6.07, 6.45) is 6.39. The number of hydrogen-bond donors (Lipinski definition) is 3. The molecule has 1 aromatic heterocycles. The van der Waals surface area contributed by atoms with Gasteiger partial charge in [-0.2, -0.15) is 5.10 Å². The van der Waals surface area contributed by atoms with Gasteiger partial charge in [-0.25, -0.2) is 0 Å². The zero-order valence-electron chi connectivity index (χ0n) is 12.8. The summed E-state index contributed by atoms with van der Waals surface area (Å²) in [5.74, 6) is -0.152. The first kappa shape index (κ1) is 14.9. The molecule has 1 amide bonds. The number of rotatable bonds is 4. The number of nitrogen functional groups attached to an aromatic ring is 1. The molecule has 5 nitrogen and oxygen atoms in total. The number of hydrogen-bond acceptors (Lipinski definition) is 3. The molecule has 1 fully saturated rings. The maximum atomic E-state index is 12.4. The van der Waals surface area contributed by atoms with Crippen molar-refractivity contribution in [2.24, 2.45) is 5.41 Å². The van der Waals surface area contributed by atoms with Gasteiger partial charge in [-0.3, -0.25) is 9.89 Å². The first-order valence-electron chi connectivity index (χ1n) is 7.59. The number of carbonyl (C=O) groups is 1. The molecule has 1 saturated carbocycles. The number of carbonyl (C=O) groups excluding carboxylic acids is 1. The summed E-state index contributed by atoms with van der Waals surface area (Å²) < 4.78 is 0. The average Bonchev–Trinajstić information content (AvgIpc) is 2.74. The van der Waals surface area contributed by atoms with E-state index >= 15 is 0 Å². The van der Waals surface area contributed by atoms with E-state index in [0.717, 1.165) is 31.4 Å². The van der Waals surface area contributed by atoms with Crippen molar-refractivity contribution in [2.45, 2.75) is 65.3 Å².